The van der Waals surface area contributed by atoms with E-state index in [4.69, 9.17) is 11.6 Å². The van der Waals surface area contributed by atoms with E-state index in [2.05, 4.69) is 10.6 Å². The van der Waals surface area contributed by atoms with Crippen LogP contribution in [0, 0.1) is 6.92 Å². The highest BCUT2D eigenvalue weighted by atomic mass is 35.5. The second kappa shape index (κ2) is 9.53. The highest BCUT2D eigenvalue weighted by molar-refractivity contribution is 7.92. The smallest absolute Gasteiger partial charge is 0.333 e. The number of aryl methyl sites for hydroxylation is 1. The SMILES string of the molecule is CNc1ccc2c(=O)n(-c3ccc(NC(=O)NS(=O)(=O)c4cc(Cl)c(C)s4)cc3)cc(C=O)c2c1. The van der Waals surface area contributed by atoms with Gasteiger partial charge in [0.25, 0.3) is 15.6 Å². The molecule has 0 atom stereocenters. The number of hydrogen-bond acceptors (Lipinski definition) is 7. The van der Waals surface area contributed by atoms with E-state index < -0.39 is 16.1 Å². The van der Waals surface area contributed by atoms with Crippen LogP contribution in [-0.2, 0) is 10.0 Å². The van der Waals surface area contributed by atoms with Gasteiger partial charge in [-0.25, -0.2) is 17.9 Å². The summed E-state index contributed by atoms with van der Waals surface area (Å²) in [4.78, 5) is 37.6. The predicted octanol–water partition coefficient (Wildman–Crippen LogP) is 4.38. The Bertz CT molecular complexity index is 1610. The fraction of sp³-hybridized carbons (Fsp3) is 0.0870. The van der Waals surface area contributed by atoms with Crippen molar-refractivity contribution in [3.8, 4) is 5.69 Å². The van der Waals surface area contributed by atoms with Gasteiger partial charge in [-0.2, -0.15) is 0 Å². The molecule has 2 aromatic carbocycles. The van der Waals surface area contributed by atoms with Crippen molar-refractivity contribution in [3.05, 3.63) is 80.5 Å². The summed E-state index contributed by atoms with van der Waals surface area (Å²) in [5, 5.41) is 6.63. The summed E-state index contributed by atoms with van der Waals surface area (Å²) in [5.41, 5.74) is 1.55. The van der Waals surface area contributed by atoms with E-state index in [9.17, 15) is 22.8 Å². The molecule has 0 aliphatic rings. The van der Waals surface area contributed by atoms with E-state index in [-0.39, 0.29) is 9.77 Å². The third kappa shape index (κ3) is 4.92. The molecule has 3 N–H and O–H groups in total. The minimum atomic E-state index is -4.08. The Morgan fingerprint density at radius 1 is 1.06 bits per heavy atom. The number of benzene rings is 2. The molecule has 0 spiro atoms. The van der Waals surface area contributed by atoms with Crippen LogP contribution >= 0.6 is 22.9 Å². The van der Waals surface area contributed by atoms with Gasteiger partial charge in [-0.15, -0.1) is 11.3 Å². The van der Waals surface area contributed by atoms with Crippen molar-refractivity contribution in [2.75, 3.05) is 17.7 Å². The molecule has 2 amide bonds. The Labute approximate surface area is 209 Å². The summed E-state index contributed by atoms with van der Waals surface area (Å²) >= 11 is 6.87. The zero-order valence-electron chi connectivity index (χ0n) is 18.5. The number of amides is 2. The van der Waals surface area contributed by atoms with E-state index in [1.54, 1.807) is 44.3 Å². The number of rotatable bonds is 6. The van der Waals surface area contributed by atoms with Crippen molar-refractivity contribution in [2.24, 2.45) is 0 Å². The first kappa shape index (κ1) is 24.5. The van der Waals surface area contributed by atoms with Crippen LogP contribution in [0.5, 0.6) is 0 Å². The van der Waals surface area contributed by atoms with Crippen LogP contribution < -0.4 is 20.9 Å². The molecule has 12 heteroatoms. The maximum atomic E-state index is 13.0. The Morgan fingerprint density at radius 3 is 2.34 bits per heavy atom. The lowest BCUT2D eigenvalue weighted by Gasteiger charge is -2.12. The lowest BCUT2D eigenvalue weighted by molar-refractivity contribution is 0.112. The minimum Gasteiger partial charge on any atom is -0.388 e. The number of thiophene rings is 1. The second-order valence-electron chi connectivity index (χ2n) is 7.46. The van der Waals surface area contributed by atoms with Crippen LogP contribution in [-0.4, -0.2) is 32.3 Å². The highest BCUT2D eigenvalue weighted by Crippen LogP contribution is 2.29. The Morgan fingerprint density at radius 2 is 1.74 bits per heavy atom. The van der Waals surface area contributed by atoms with E-state index in [0.29, 0.717) is 43.9 Å². The topological polar surface area (TPSA) is 126 Å². The molecule has 9 nitrogen and oxygen atoms in total. The van der Waals surface area contributed by atoms with Crippen LogP contribution in [0.25, 0.3) is 16.5 Å². The van der Waals surface area contributed by atoms with Gasteiger partial charge in [0.2, 0.25) is 0 Å². The first-order valence-electron chi connectivity index (χ1n) is 10.2. The summed E-state index contributed by atoms with van der Waals surface area (Å²) in [6.07, 6.45) is 2.13. The van der Waals surface area contributed by atoms with E-state index in [1.165, 1.54) is 29.0 Å². The molecule has 0 saturated heterocycles. The van der Waals surface area contributed by atoms with Crippen LogP contribution in [0.4, 0.5) is 16.2 Å². The number of anilines is 2. The summed E-state index contributed by atoms with van der Waals surface area (Å²) in [6.45, 7) is 1.67. The van der Waals surface area contributed by atoms with Crippen molar-refractivity contribution in [2.45, 2.75) is 11.1 Å². The van der Waals surface area contributed by atoms with Gasteiger partial charge in [-0.05, 0) is 55.5 Å². The predicted molar refractivity (Wildman–Crippen MR) is 138 cm³/mol. The first-order chi connectivity index (χ1) is 16.6. The average molecular weight is 531 g/mol. The van der Waals surface area contributed by atoms with E-state index in [0.717, 1.165) is 17.0 Å². The fourth-order valence-electron chi connectivity index (χ4n) is 3.41. The van der Waals surface area contributed by atoms with Crippen molar-refractivity contribution in [3.63, 3.8) is 0 Å². The van der Waals surface area contributed by atoms with Gasteiger partial charge in [0.1, 0.15) is 4.21 Å². The molecule has 0 aliphatic carbocycles. The van der Waals surface area contributed by atoms with Crippen molar-refractivity contribution >= 4 is 67.4 Å². The van der Waals surface area contributed by atoms with Gasteiger partial charge >= 0.3 is 6.03 Å². The summed E-state index contributed by atoms with van der Waals surface area (Å²) in [5.74, 6) is 0. The van der Waals surface area contributed by atoms with Crippen LogP contribution in [0.15, 0.2) is 63.7 Å². The van der Waals surface area contributed by atoms with Gasteiger partial charge in [0.05, 0.1) is 5.02 Å². The molecule has 0 radical (unpaired) electrons. The number of sulfonamides is 1. The molecule has 2 heterocycles. The van der Waals surface area contributed by atoms with Gasteiger partial charge in [0, 0.05) is 51.5 Å². The number of carbonyl (C=O) groups is 2. The molecule has 0 fully saturated rings. The zero-order chi connectivity index (χ0) is 25.3. The third-order valence-electron chi connectivity index (χ3n) is 5.19. The lowest BCUT2D eigenvalue weighted by Crippen LogP contribution is -2.33. The van der Waals surface area contributed by atoms with E-state index >= 15 is 0 Å². The number of nitrogens with one attached hydrogen (secondary N) is 3. The fourth-order valence-corrected chi connectivity index (χ4v) is 6.01. The Balaban J connectivity index is 1.57. The second-order valence-corrected chi connectivity index (χ2v) is 11.0. The molecule has 0 unspecified atom stereocenters. The molecule has 0 bridgehead atoms. The van der Waals surface area contributed by atoms with Crippen molar-refractivity contribution in [1.29, 1.82) is 0 Å². The first-order valence-corrected chi connectivity index (χ1v) is 12.8. The summed E-state index contributed by atoms with van der Waals surface area (Å²) in [6, 6.07) is 11.6. The molecule has 4 aromatic rings. The largest absolute Gasteiger partial charge is 0.388 e. The van der Waals surface area contributed by atoms with Gasteiger partial charge in [0.15, 0.2) is 6.29 Å². The van der Waals surface area contributed by atoms with Gasteiger partial charge in [-0.1, -0.05) is 11.6 Å². The van der Waals surface area contributed by atoms with Crippen LogP contribution in [0.2, 0.25) is 5.02 Å². The third-order valence-corrected chi connectivity index (χ3v) is 8.55. The molecule has 0 saturated carbocycles. The number of hydrogen-bond donors (Lipinski definition) is 3. The highest BCUT2D eigenvalue weighted by Gasteiger charge is 2.21. The van der Waals surface area contributed by atoms with Crippen molar-refractivity contribution in [1.82, 2.24) is 9.29 Å². The molecule has 35 heavy (non-hydrogen) atoms. The van der Waals surface area contributed by atoms with Crippen LogP contribution in [0.1, 0.15) is 15.2 Å². The number of pyridine rings is 1. The van der Waals surface area contributed by atoms with Gasteiger partial charge in [-0.3, -0.25) is 14.2 Å². The quantitative estimate of drug-likeness (QED) is 0.318. The number of urea groups is 1. The number of aldehydes is 1. The normalized spacial score (nSPS) is 11.3. The molecule has 2 aromatic heterocycles. The van der Waals surface area contributed by atoms with Crippen LogP contribution in [0.3, 0.4) is 0 Å². The standard InChI is InChI=1S/C23H19ClN4O5S2/c1-13-20(24)10-21(34-13)35(32,33)27-23(31)26-15-3-6-17(7-4-15)28-11-14(12-29)19-9-16(25-2)5-8-18(19)22(28)30/h3-12,25H,1-2H3,(H2,26,27,31). The Kier molecular flexibility index (Phi) is 6.66. The van der Waals surface area contributed by atoms with Crippen molar-refractivity contribution < 1.29 is 18.0 Å². The lowest BCUT2D eigenvalue weighted by atomic mass is 10.1. The zero-order valence-corrected chi connectivity index (χ0v) is 20.8. The Hall–Kier alpha value is -3.67. The number of fused-ring (bicyclic) bond motifs is 1. The number of nitrogens with zero attached hydrogens (tertiary/aromatic N) is 1. The monoisotopic (exact) mass is 530 g/mol. The summed E-state index contributed by atoms with van der Waals surface area (Å²) < 4.78 is 28.0. The average Bonchev–Trinajstić information content (AvgIpc) is 3.18. The molecule has 0 aliphatic heterocycles. The number of carbonyl (C=O) groups excluding carboxylic acids is 2. The molecule has 180 valence electrons. The number of halogens is 1. The van der Waals surface area contributed by atoms with Gasteiger partial charge < -0.3 is 10.6 Å². The number of aromatic nitrogens is 1. The molecular formula is C23H19ClN4O5S2. The molecule has 4 rings (SSSR count). The maximum Gasteiger partial charge on any atom is 0.333 e. The molecular weight excluding hydrogens is 512 g/mol. The minimum absolute atomic E-state index is 0.0750. The van der Waals surface area contributed by atoms with E-state index in [1.807, 2.05) is 4.72 Å². The maximum absolute atomic E-state index is 13.0. The summed E-state index contributed by atoms with van der Waals surface area (Å²) in [7, 11) is -2.34.